The van der Waals surface area contributed by atoms with Crippen molar-refractivity contribution in [2.24, 2.45) is 5.92 Å². The number of methoxy groups -OCH3 is 1. The van der Waals surface area contributed by atoms with Gasteiger partial charge in [0, 0.05) is 0 Å². The van der Waals surface area contributed by atoms with E-state index in [0.717, 1.165) is 12.0 Å². The summed E-state index contributed by atoms with van der Waals surface area (Å²) in [7, 11) is 3.42. The van der Waals surface area contributed by atoms with E-state index in [4.69, 9.17) is 4.74 Å². The first kappa shape index (κ1) is 22.9. The average Bonchev–Trinajstić information content (AvgIpc) is 2.71. The molecule has 3 radical (unpaired) electrons. The summed E-state index contributed by atoms with van der Waals surface area (Å²) >= 11 is 0.701. The van der Waals surface area contributed by atoms with Crippen molar-refractivity contribution < 1.29 is 14.3 Å². The molecule has 28 heavy (non-hydrogen) atoms. The van der Waals surface area contributed by atoms with E-state index in [1.165, 1.54) is 7.11 Å². The van der Waals surface area contributed by atoms with E-state index in [9.17, 15) is 9.59 Å². The SMILES string of the molecule is COC(=O)C1CC(N(C)CC#CC(C)C)CCN1C(=O)[CH]([Pb])c1ccccc1. The van der Waals surface area contributed by atoms with Crippen molar-refractivity contribution >= 4 is 37.6 Å². The molecule has 1 aromatic rings. The van der Waals surface area contributed by atoms with Crippen LogP contribution in [0.25, 0.3) is 0 Å². The van der Waals surface area contributed by atoms with Crippen molar-refractivity contribution in [1.29, 1.82) is 0 Å². The average molecular weight is 577 g/mol. The van der Waals surface area contributed by atoms with Gasteiger partial charge in [0.05, 0.1) is 0 Å². The zero-order valence-electron chi connectivity index (χ0n) is 17.1. The van der Waals surface area contributed by atoms with Gasteiger partial charge >= 0.3 is 185 Å². The molecule has 0 aromatic heterocycles. The van der Waals surface area contributed by atoms with Crippen LogP contribution in [0.3, 0.4) is 0 Å². The molecule has 1 fully saturated rings. The first-order chi connectivity index (χ1) is 13.3. The van der Waals surface area contributed by atoms with E-state index >= 15 is 0 Å². The Morgan fingerprint density at radius 2 is 2.00 bits per heavy atom. The third kappa shape index (κ3) is 6.05. The second-order valence-corrected chi connectivity index (χ2v) is 9.73. The Hall–Kier alpha value is -1.40. The van der Waals surface area contributed by atoms with Crippen LogP contribution in [0.15, 0.2) is 30.3 Å². The summed E-state index contributed by atoms with van der Waals surface area (Å²) in [5, 5.41) is 0. The van der Waals surface area contributed by atoms with Gasteiger partial charge in [-0.15, -0.1) is 0 Å². The summed E-state index contributed by atoms with van der Waals surface area (Å²) in [5.41, 5.74) is 1.02. The molecular weight excluding hydrogens is 547 g/mol. The predicted octanol–water partition coefficient (Wildman–Crippen LogP) is 2.02. The number of piperidine rings is 1. The first-order valence-corrected chi connectivity index (χ1v) is 11.9. The van der Waals surface area contributed by atoms with Crippen molar-refractivity contribution in [3.05, 3.63) is 35.9 Å². The fraction of sp³-hybridized carbons (Fsp3) is 0.545. The zero-order valence-corrected chi connectivity index (χ0v) is 21.0. The summed E-state index contributed by atoms with van der Waals surface area (Å²) in [5.74, 6) is 6.43. The van der Waals surface area contributed by atoms with E-state index in [1.807, 2.05) is 37.4 Å². The maximum atomic E-state index is 13.2. The van der Waals surface area contributed by atoms with Gasteiger partial charge in [-0.25, -0.2) is 0 Å². The number of ether oxygens (including phenoxy) is 1. The van der Waals surface area contributed by atoms with E-state index in [-0.39, 0.29) is 21.4 Å². The summed E-state index contributed by atoms with van der Waals surface area (Å²) in [6.07, 6.45) is 1.42. The van der Waals surface area contributed by atoms with Crippen LogP contribution in [0.2, 0.25) is 0 Å². The van der Waals surface area contributed by atoms with Crippen LogP contribution in [0.5, 0.6) is 0 Å². The molecule has 0 saturated carbocycles. The molecule has 5 nitrogen and oxygen atoms in total. The van der Waals surface area contributed by atoms with E-state index in [0.29, 0.717) is 51.2 Å². The summed E-state index contributed by atoms with van der Waals surface area (Å²) < 4.78 is 4.88. The number of hydrogen-bond donors (Lipinski definition) is 0. The molecule has 3 atom stereocenters. The van der Waals surface area contributed by atoms with Crippen LogP contribution in [0.1, 0.15) is 35.7 Å². The van der Waals surface area contributed by atoms with Crippen molar-refractivity contribution in [2.75, 3.05) is 27.2 Å². The predicted molar refractivity (Wildman–Crippen MR) is 111 cm³/mol. The van der Waals surface area contributed by atoms with Gasteiger partial charge in [-0.2, -0.15) is 0 Å². The van der Waals surface area contributed by atoms with E-state index in [1.54, 1.807) is 4.90 Å². The van der Waals surface area contributed by atoms with Gasteiger partial charge < -0.3 is 0 Å². The fourth-order valence-electron chi connectivity index (χ4n) is 3.43. The summed E-state index contributed by atoms with van der Waals surface area (Å²) in [4.78, 5) is 29.6. The van der Waals surface area contributed by atoms with Crippen molar-refractivity contribution in [3.63, 3.8) is 0 Å². The minimum atomic E-state index is -0.531. The number of amides is 1. The Morgan fingerprint density at radius 1 is 1.32 bits per heavy atom. The first-order valence-electron chi connectivity index (χ1n) is 9.68. The van der Waals surface area contributed by atoms with Gasteiger partial charge in [0.15, 0.2) is 0 Å². The minimum absolute atomic E-state index is 0.0361. The zero-order chi connectivity index (χ0) is 20.7. The van der Waals surface area contributed by atoms with Crippen LogP contribution >= 0.6 is 0 Å². The van der Waals surface area contributed by atoms with Gasteiger partial charge in [-0.05, 0) is 0 Å². The molecule has 1 saturated heterocycles. The van der Waals surface area contributed by atoms with Gasteiger partial charge in [0.2, 0.25) is 0 Å². The number of likely N-dealkylation sites (tertiary alicyclic amines) is 1. The maximum absolute atomic E-state index is 13.2. The molecule has 0 bridgehead atoms. The molecule has 1 aliphatic rings. The number of nitrogens with zero attached hydrogens (tertiary/aromatic N) is 2. The molecule has 2 rings (SSSR count). The Labute approximate surface area is 184 Å². The molecule has 1 amide bonds. The van der Waals surface area contributed by atoms with Crippen LogP contribution < -0.4 is 0 Å². The number of rotatable bonds is 5. The second-order valence-electron chi connectivity index (χ2n) is 7.48. The Bertz CT molecular complexity index is 726. The second kappa shape index (κ2) is 11.0. The molecule has 1 aromatic carbocycles. The Kier molecular flexibility index (Phi) is 8.96. The van der Waals surface area contributed by atoms with Gasteiger partial charge in [-0.1, -0.05) is 0 Å². The van der Waals surface area contributed by atoms with Crippen molar-refractivity contribution in [2.45, 2.75) is 42.2 Å². The standard InChI is InChI=1S/C22H29N2O3.Pb/c1-17(2)9-8-13-23(3)19-12-14-24(20(16-19)22(26)27-4)21(25)15-18-10-6-5-7-11-18;/h5-7,10-11,15,17,19-20H,12-14,16H2,1-4H3;. The molecule has 1 aliphatic heterocycles. The summed E-state index contributed by atoms with van der Waals surface area (Å²) in [6.45, 7) is 5.37. The third-order valence-electron chi connectivity index (χ3n) is 5.05. The number of hydrogen-bond acceptors (Lipinski definition) is 4. The van der Waals surface area contributed by atoms with Gasteiger partial charge in [0.1, 0.15) is 0 Å². The molecule has 1 heterocycles. The Morgan fingerprint density at radius 3 is 2.61 bits per heavy atom. The monoisotopic (exact) mass is 577 g/mol. The molecule has 3 unspecified atom stereocenters. The number of esters is 1. The molecular formula is C22H29N2O3Pb. The Balaban J connectivity index is 2.11. The molecule has 149 valence electrons. The third-order valence-corrected chi connectivity index (χ3v) is 7.31. The van der Waals surface area contributed by atoms with E-state index < -0.39 is 6.04 Å². The molecule has 6 heteroatoms. The molecule has 0 spiro atoms. The van der Waals surface area contributed by atoms with Crippen LogP contribution in [0.4, 0.5) is 0 Å². The van der Waals surface area contributed by atoms with E-state index in [2.05, 4.69) is 30.6 Å². The molecule has 0 N–H and O–H groups in total. The number of carbonyl (C=O) groups excluding carboxylic acids is 2. The van der Waals surface area contributed by atoms with Crippen molar-refractivity contribution in [3.8, 4) is 11.8 Å². The van der Waals surface area contributed by atoms with Gasteiger partial charge in [-0.3, -0.25) is 0 Å². The van der Waals surface area contributed by atoms with Crippen LogP contribution in [-0.2, 0) is 14.3 Å². The normalized spacial score (nSPS) is 20.5. The molecule has 0 aliphatic carbocycles. The van der Waals surface area contributed by atoms with Crippen molar-refractivity contribution in [1.82, 2.24) is 9.80 Å². The van der Waals surface area contributed by atoms with Crippen LogP contribution in [0, 0.1) is 17.8 Å². The number of benzene rings is 1. The van der Waals surface area contributed by atoms with Crippen LogP contribution in [-0.4, -0.2) is 86.8 Å². The number of carbonyl (C=O) groups is 2. The fourth-order valence-corrected chi connectivity index (χ4v) is 4.82. The summed E-state index contributed by atoms with van der Waals surface area (Å²) in [6, 6.07) is 9.49. The quantitative estimate of drug-likeness (QED) is 0.306. The topological polar surface area (TPSA) is 49.9 Å². The van der Waals surface area contributed by atoms with Gasteiger partial charge in [0.25, 0.3) is 0 Å².